The van der Waals surface area contributed by atoms with Gasteiger partial charge in [0.25, 0.3) is 0 Å². The van der Waals surface area contributed by atoms with Gasteiger partial charge in [-0.25, -0.2) is 0 Å². The van der Waals surface area contributed by atoms with Crippen LogP contribution in [-0.2, 0) is 18.8 Å². The van der Waals surface area contributed by atoms with Crippen molar-refractivity contribution in [2.24, 2.45) is 22.7 Å². The summed E-state index contributed by atoms with van der Waals surface area (Å²) in [6, 6.07) is 0. The summed E-state index contributed by atoms with van der Waals surface area (Å²) in [6.45, 7) is 16.3. The van der Waals surface area contributed by atoms with Crippen molar-refractivity contribution in [2.45, 2.75) is 68.2 Å². The van der Waals surface area contributed by atoms with Crippen molar-refractivity contribution in [3.05, 3.63) is 0 Å². The van der Waals surface area contributed by atoms with Crippen molar-refractivity contribution >= 4 is 16.9 Å². The zero-order valence-electron chi connectivity index (χ0n) is 16.4. The summed E-state index contributed by atoms with van der Waals surface area (Å²) in [7, 11) is -9.49. The fourth-order valence-corrected chi connectivity index (χ4v) is 5.57. The quantitative estimate of drug-likeness (QED) is 0.448. The third kappa shape index (κ3) is 10.3. The number of hydrogen-bond acceptors (Lipinski definition) is 5. The Hall–Kier alpha value is 0.220. The van der Waals surface area contributed by atoms with E-state index in [-0.39, 0.29) is 35.9 Å². The molecule has 6 nitrogen and oxygen atoms in total. The molecule has 24 heavy (non-hydrogen) atoms. The fraction of sp³-hybridized carbons (Fsp3) is 1.00. The van der Waals surface area contributed by atoms with Gasteiger partial charge in [0, 0.05) is 0 Å². The summed E-state index contributed by atoms with van der Waals surface area (Å²) >= 11 is 0. The van der Waals surface area contributed by atoms with Crippen LogP contribution in [0, 0.1) is 22.7 Å². The third-order valence-corrected chi connectivity index (χ3v) is 7.73. The van der Waals surface area contributed by atoms with E-state index in [4.69, 9.17) is 9.05 Å². The van der Waals surface area contributed by atoms with Crippen LogP contribution >= 0.6 is 7.15 Å². The van der Waals surface area contributed by atoms with Gasteiger partial charge in [0.15, 0.2) is 0 Å². The predicted octanol–water partition coefficient (Wildman–Crippen LogP) is 4.45. The van der Waals surface area contributed by atoms with E-state index in [1.54, 1.807) is 0 Å². The zero-order valence-corrected chi connectivity index (χ0v) is 18.2. The monoisotopic (exact) mass is 388 g/mol. The first-order valence-electron chi connectivity index (χ1n) is 8.42. The Morgan fingerprint density at radius 3 is 1.38 bits per heavy atom. The summed E-state index contributed by atoms with van der Waals surface area (Å²) in [5, 5.41) is 0. The molecule has 0 amide bonds. The van der Waals surface area contributed by atoms with Crippen LogP contribution in [0.4, 0.5) is 0 Å². The van der Waals surface area contributed by atoms with Crippen LogP contribution in [0.2, 0.25) is 0 Å². The molecule has 0 heterocycles. The van der Waals surface area contributed by atoms with Crippen molar-refractivity contribution in [3.63, 3.8) is 0 Å². The van der Waals surface area contributed by atoms with Crippen LogP contribution in [-0.4, -0.2) is 31.1 Å². The molecule has 0 aliphatic heterocycles. The second kappa shape index (κ2) is 8.74. The molecule has 8 heteroatoms. The van der Waals surface area contributed by atoms with Crippen LogP contribution in [0.5, 0.6) is 0 Å². The second-order valence-corrected chi connectivity index (χ2v) is 15.0. The van der Waals surface area contributed by atoms with Crippen molar-refractivity contribution in [2.75, 3.05) is 13.2 Å². The van der Waals surface area contributed by atoms with Gasteiger partial charge in [-0.1, -0.05) is 0 Å². The molecule has 0 aliphatic carbocycles. The Balaban J connectivity index is 4.81. The molecule has 0 aromatic heterocycles. The summed E-state index contributed by atoms with van der Waals surface area (Å²) in [5.41, 5.74) is 0.116. The van der Waals surface area contributed by atoms with E-state index in [1.165, 1.54) is 0 Å². The number of hydrogen-bond donors (Lipinski definition) is 2. The van der Waals surface area contributed by atoms with Crippen LogP contribution in [0.15, 0.2) is 0 Å². The standard InChI is InChI=1S/C16H37O6PS/c1-13(9-15(3,4)5)11-21-23(17,24(18,19)20)22-12-14(2)10-16(6,7)8/h13-14,17,23H,9-12H2,1-8H3,(H,18,19,20). The Kier molecular flexibility index (Phi) is 8.82. The average molecular weight is 389 g/mol. The molecule has 0 rings (SSSR count). The minimum atomic E-state index is -4.79. The SMILES string of the molecule is CC(CO[PH](O)(OCC(C)CC(C)(C)C)S(=O)(=O)O)CC(C)(C)C. The molecule has 2 unspecified atom stereocenters. The van der Waals surface area contributed by atoms with E-state index >= 15 is 0 Å². The third-order valence-electron chi connectivity index (χ3n) is 3.35. The van der Waals surface area contributed by atoms with E-state index in [9.17, 15) is 17.9 Å². The molecule has 0 aromatic rings. The summed E-state index contributed by atoms with van der Waals surface area (Å²) in [5.74, 6) is 0.0581. The summed E-state index contributed by atoms with van der Waals surface area (Å²) in [4.78, 5) is 10.3. The molecule has 0 saturated heterocycles. The van der Waals surface area contributed by atoms with Crippen LogP contribution < -0.4 is 0 Å². The van der Waals surface area contributed by atoms with Gasteiger partial charge in [-0.2, -0.15) is 0 Å². The fourth-order valence-electron chi connectivity index (χ4n) is 2.89. The molecule has 2 atom stereocenters. The van der Waals surface area contributed by atoms with Gasteiger partial charge >= 0.3 is 148 Å². The Labute approximate surface area is 148 Å². The molecule has 0 saturated carbocycles. The number of rotatable bonds is 9. The molecular weight excluding hydrogens is 351 g/mol. The Bertz CT molecular complexity index is 452. The van der Waals surface area contributed by atoms with Gasteiger partial charge in [-0.3, -0.25) is 0 Å². The molecule has 2 N–H and O–H groups in total. The van der Waals surface area contributed by atoms with Crippen LogP contribution in [0.1, 0.15) is 68.2 Å². The van der Waals surface area contributed by atoms with Crippen LogP contribution in [0.3, 0.4) is 0 Å². The first-order valence-corrected chi connectivity index (χ1v) is 12.4. The van der Waals surface area contributed by atoms with E-state index < -0.39 is 16.9 Å². The summed E-state index contributed by atoms with van der Waals surface area (Å²) < 4.78 is 42.9. The Morgan fingerprint density at radius 1 is 0.875 bits per heavy atom. The normalized spacial score (nSPS) is 17.6. The van der Waals surface area contributed by atoms with Crippen molar-refractivity contribution < 1.29 is 26.9 Å². The predicted molar refractivity (Wildman–Crippen MR) is 100 cm³/mol. The molecule has 0 aliphatic rings. The summed E-state index contributed by atoms with van der Waals surface area (Å²) in [6.07, 6.45) is 1.59. The molecule has 0 radical (unpaired) electrons. The van der Waals surface area contributed by atoms with Gasteiger partial charge in [-0.05, 0) is 0 Å². The maximum atomic E-state index is 11.6. The van der Waals surface area contributed by atoms with Crippen LogP contribution in [0.25, 0.3) is 0 Å². The topological polar surface area (TPSA) is 93.1 Å². The Morgan fingerprint density at radius 2 is 1.17 bits per heavy atom. The van der Waals surface area contributed by atoms with E-state index in [2.05, 4.69) is 41.5 Å². The van der Waals surface area contributed by atoms with Crippen molar-refractivity contribution in [1.82, 2.24) is 0 Å². The zero-order chi connectivity index (χ0) is 19.4. The average Bonchev–Trinajstić information content (AvgIpc) is 2.28. The van der Waals surface area contributed by atoms with E-state index in [1.807, 2.05) is 13.8 Å². The molecular formula is C16H37O6PS. The van der Waals surface area contributed by atoms with Gasteiger partial charge in [0.1, 0.15) is 0 Å². The maximum absolute atomic E-state index is 11.6. The van der Waals surface area contributed by atoms with Gasteiger partial charge in [-0.15, -0.1) is 0 Å². The van der Waals surface area contributed by atoms with Gasteiger partial charge < -0.3 is 0 Å². The van der Waals surface area contributed by atoms with Gasteiger partial charge in [0.2, 0.25) is 0 Å². The molecule has 0 fully saturated rings. The first-order chi connectivity index (χ1) is 10.5. The molecule has 0 aromatic carbocycles. The van der Waals surface area contributed by atoms with Crippen molar-refractivity contribution in [1.29, 1.82) is 0 Å². The second-order valence-electron chi connectivity index (χ2n) is 9.36. The molecule has 148 valence electrons. The molecule has 0 spiro atoms. The van der Waals surface area contributed by atoms with E-state index in [0.29, 0.717) is 0 Å². The minimum absolute atomic E-state index is 0.0213. The first kappa shape index (κ1) is 24.2. The van der Waals surface area contributed by atoms with E-state index in [0.717, 1.165) is 12.8 Å². The van der Waals surface area contributed by atoms with Gasteiger partial charge in [0.05, 0.1) is 0 Å². The van der Waals surface area contributed by atoms with Crippen molar-refractivity contribution in [3.8, 4) is 0 Å². The molecule has 0 bridgehead atoms.